The molecule has 0 aromatic rings. The van der Waals surface area contributed by atoms with E-state index in [0.29, 0.717) is 0 Å². The van der Waals surface area contributed by atoms with Crippen LogP contribution >= 0.6 is 0 Å². The van der Waals surface area contributed by atoms with Crippen molar-refractivity contribution in [3.63, 3.8) is 0 Å². The van der Waals surface area contributed by atoms with E-state index in [2.05, 4.69) is 24.1 Å². The lowest BCUT2D eigenvalue weighted by molar-refractivity contribution is 0.148. The molecule has 2 aliphatic rings. The van der Waals surface area contributed by atoms with Gasteiger partial charge >= 0.3 is 0 Å². The molecule has 0 amide bonds. The van der Waals surface area contributed by atoms with Gasteiger partial charge in [-0.2, -0.15) is 0 Å². The van der Waals surface area contributed by atoms with Crippen LogP contribution in [0.5, 0.6) is 0 Å². The van der Waals surface area contributed by atoms with Crippen molar-refractivity contribution in [2.24, 2.45) is 11.8 Å². The summed E-state index contributed by atoms with van der Waals surface area (Å²) in [5.74, 6) is 1.83. The van der Waals surface area contributed by atoms with E-state index in [1.54, 1.807) is 0 Å². The van der Waals surface area contributed by atoms with Crippen molar-refractivity contribution in [3.8, 4) is 0 Å². The number of hydrogen-bond acceptors (Lipinski definition) is 2. The summed E-state index contributed by atoms with van der Waals surface area (Å²) in [5, 5.41) is 3.69. The molecule has 1 N–H and O–H groups in total. The van der Waals surface area contributed by atoms with Gasteiger partial charge in [-0.05, 0) is 57.2 Å². The van der Waals surface area contributed by atoms with Crippen LogP contribution < -0.4 is 5.32 Å². The minimum atomic E-state index is 0.757. The van der Waals surface area contributed by atoms with Gasteiger partial charge in [-0.15, -0.1) is 0 Å². The molecule has 2 fully saturated rings. The van der Waals surface area contributed by atoms with Crippen molar-refractivity contribution >= 4 is 0 Å². The van der Waals surface area contributed by atoms with Gasteiger partial charge in [0.15, 0.2) is 0 Å². The second-order valence-corrected chi connectivity index (χ2v) is 5.66. The fourth-order valence-electron chi connectivity index (χ4n) is 2.88. The Morgan fingerprint density at radius 1 is 1.13 bits per heavy atom. The molecule has 0 spiro atoms. The van der Waals surface area contributed by atoms with Crippen molar-refractivity contribution in [2.75, 3.05) is 26.2 Å². The molecular formula is C13H26N2. The van der Waals surface area contributed by atoms with E-state index in [0.717, 1.165) is 17.9 Å². The number of hydrogen-bond donors (Lipinski definition) is 1. The van der Waals surface area contributed by atoms with Crippen LogP contribution in [0.3, 0.4) is 0 Å². The number of nitrogens with zero attached hydrogens (tertiary/aromatic N) is 1. The summed E-state index contributed by atoms with van der Waals surface area (Å²) in [6, 6.07) is 0.757. The Morgan fingerprint density at radius 3 is 2.53 bits per heavy atom. The summed E-state index contributed by atoms with van der Waals surface area (Å²) in [4.78, 5) is 2.67. The normalized spacial score (nSPS) is 35.6. The molecule has 2 atom stereocenters. The van der Waals surface area contributed by atoms with Gasteiger partial charge in [0.2, 0.25) is 0 Å². The zero-order valence-corrected chi connectivity index (χ0v) is 10.3. The van der Waals surface area contributed by atoms with Crippen molar-refractivity contribution < 1.29 is 0 Å². The fourth-order valence-corrected chi connectivity index (χ4v) is 2.88. The number of rotatable bonds is 2. The first-order valence-corrected chi connectivity index (χ1v) is 6.71. The summed E-state index contributed by atoms with van der Waals surface area (Å²) in [7, 11) is 0. The van der Waals surface area contributed by atoms with E-state index in [4.69, 9.17) is 0 Å². The van der Waals surface area contributed by atoms with Crippen molar-refractivity contribution in [1.82, 2.24) is 10.2 Å². The second-order valence-electron chi connectivity index (χ2n) is 5.66. The number of likely N-dealkylation sites (tertiary alicyclic amines) is 1. The van der Waals surface area contributed by atoms with Crippen LogP contribution in [0, 0.1) is 11.8 Å². The molecule has 2 rings (SSSR count). The van der Waals surface area contributed by atoms with Gasteiger partial charge in [-0.3, -0.25) is 0 Å². The topological polar surface area (TPSA) is 15.3 Å². The number of nitrogens with one attached hydrogen (secondary N) is 1. The smallest absolute Gasteiger partial charge is 0.0220 e. The molecule has 88 valence electrons. The molecule has 2 nitrogen and oxygen atoms in total. The Morgan fingerprint density at radius 2 is 1.87 bits per heavy atom. The van der Waals surface area contributed by atoms with Crippen LogP contribution in [0.1, 0.15) is 39.5 Å². The molecule has 0 aromatic carbocycles. The largest absolute Gasteiger partial charge is 0.312 e. The Hall–Kier alpha value is -0.0800. The third-order valence-electron chi connectivity index (χ3n) is 4.26. The van der Waals surface area contributed by atoms with Crippen LogP contribution in [-0.4, -0.2) is 37.1 Å². The quantitative estimate of drug-likeness (QED) is 0.751. The van der Waals surface area contributed by atoms with Crippen LogP contribution in [-0.2, 0) is 0 Å². The SMILES string of the molecule is CC1CCN(CC2NCCCC2C)CC1. The Kier molecular flexibility index (Phi) is 4.04. The van der Waals surface area contributed by atoms with E-state index in [1.165, 1.54) is 51.9 Å². The molecule has 0 bridgehead atoms. The van der Waals surface area contributed by atoms with Crippen LogP contribution in [0.2, 0.25) is 0 Å². The summed E-state index contributed by atoms with van der Waals surface area (Å²) in [6.45, 7) is 9.97. The highest BCUT2D eigenvalue weighted by Crippen LogP contribution is 2.20. The standard InChI is InChI=1S/C13H26N2/c1-11-5-8-15(9-6-11)10-13-12(2)4-3-7-14-13/h11-14H,3-10H2,1-2H3. The van der Waals surface area contributed by atoms with E-state index in [9.17, 15) is 0 Å². The Balaban J connectivity index is 1.75. The molecular weight excluding hydrogens is 184 g/mol. The summed E-state index contributed by atoms with van der Waals surface area (Å²) in [5.41, 5.74) is 0. The maximum Gasteiger partial charge on any atom is 0.0220 e. The first-order valence-electron chi connectivity index (χ1n) is 6.71. The molecule has 0 saturated carbocycles. The highest BCUT2D eigenvalue weighted by molar-refractivity contribution is 4.82. The van der Waals surface area contributed by atoms with Crippen LogP contribution in [0.15, 0.2) is 0 Å². The third kappa shape index (κ3) is 3.18. The fraction of sp³-hybridized carbons (Fsp3) is 1.00. The number of piperidine rings is 2. The lowest BCUT2D eigenvalue weighted by Crippen LogP contribution is -2.49. The zero-order valence-electron chi connectivity index (χ0n) is 10.3. The van der Waals surface area contributed by atoms with Gasteiger partial charge in [0.25, 0.3) is 0 Å². The van der Waals surface area contributed by atoms with Crippen LogP contribution in [0.4, 0.5) is 0 Å². The average molecular weight is 210 g/mol. The van der Waals surface area contributed by atoms with Crippen molar-refractivity contribution in [2.45, 2.75) is 45.6 Å². The van der Waals surface area contributed by atoms with Gasteiger partial charge in [0.1, 0.15) is 0 Å². The predicted molar refractivity (Wildman–Crippen MR) is 65.0 cm³/mol. The van der Waals surface area contributed by atoms with E-state index >= 15 is 0 Å². The first-order chi connectivity index (χ1) is 7.25. The summed E-state index contributed by atoms with van der Waals surface area (Å²) >= 11 is 0. The Labute approximate surface area is 94.4 Å². The Bertz CT molecular complexity index is 185. The molecule has 2 unspecified atom stereocenters. The third-order valence-corrected chi connectivity index (χ3v) is 4.26. The zero-order chi connectivity index (χ0) is 10.7. The minimum absolute atomic E-state index is 0.757. The summed E-state index contributed by atoms with van der Waals surface area (Å²) < 4.78 is 0. The highest BCUT2D eigenvalue weighted by Gasteiger charge is 2.24. The summed E-state index contributed by atoms with van der Waals surface area (Å²) in [6.07, 6.45) is 5.60. The monoisotopic (exact) mass is 210 g/mol. The maximum absolute atomic E-state index is 3.69. The van der Waals surface area contributed by atoms with Crippen molar-refractivity contribution in [3.05, 3.63) is 0 Å². The van der Waals surface area contributed by atoms with E-state index < -0.39 is 0 Å². The van der Waals surface area contributed by atoms with Gasteiger partial charge in [-0.25, -0.2) is 0 Å². The lowest BCUT2D eigenvalue weighted by Gasteiger charge is -2.37. The van der Waals surface area contributed by atoms with Gasteiger partial charge in [-0.1, -0.05) is 13.8 Å². The van der Waals surface area contributed by atoms with E-state index in [1.807, 2.05) is 0 Å². The molecule has 15 heavy (non-hydrogen) atoms. The van der Waals surface area contributed by atoms with Crippen LogP contribution in [0.25, 0.3) is 0 Å². The second kappa shape index (κ2) is 5.31. The average Bonchev–Trinajstić information content (AvgIpc) is 2.25. The predicted octanol–water partition coefficient (Wildman–Crippen LogP) is 2.11. The van der Waals surface area contributed by atoms with Gasteiger partial charge in [0, 0.05) is 12.6 Å². The maximum atomic E-state index is 3.69. The molecule has 2 aliphatic heterocycles. The molecule has 0 aromatic heterocycles. The highest BCUT2D eigenvalue weighted by atomic mass is 15.2. The van der Waals surface area contributed by atoms with Gasteiger partial charge < -0.3 is 10.2 Å². The molecule has 2 heteroatoms. The lowest BCUT2D eigenvalue weighted by atomic mass is 9.91. The molecule has 2 saturated heterocycles. The molecule has 0 aliphatic carbocycles. The minimum Gasteiger partial charge on any atom is -0.312 e. The van der Waals surface area contributed by atoms with Gasteiger partial charge in [0.05, 0.1) is 0 Å². The molecule has 2 heterocycles. The molecule has 0 radical (unpaired) electrons. The first kappa shape index (κ1) is 11.4. The van der Waals surface area contributed by atoms with Crippen molar-refractivity contribution in [1.29, 1.82) is 0 Å². The van der Waals surface area contributed by atoms with E-state index in [-0.39, 0.29) is 0 Å².